The highest BCUT2D eigenvalue weighted by molar-refractivity contribution is 6.01. The first-order chi connectivity index (χ1) is 13.5. The van der Waals surface area contributed by atoms with Crippen LogP contribution in [0.2, 0.25) is 0 Å². The largest absolute Gasteiger partial charge is 0.336 e. The molecule has 1 saturated heterocycles. The highest BCUT2D eigenvalue weighted by atomic mass is 19.1. The van der Waals surface area contributed by atoms with Gasteiger partial charge in [-0.3, -0.25) is 9.89 Å². The van der Waals surface area contributed by atoms with Crippen LogP contribution in [0, 0.1) is 11.6 Å². The number of halogens is 2. The Labute approximate surface area is 157 Å². The van der Waals surface area contributed by atoms with Gasteiger partial charge >= 0.3 is 6.03 Å². The maximum Gasteiger partial charge on any atom is 0.315 e. The van der Waals surface area contributed by atoms with Crippen molar-refractivity contribution >= 4 is 40.7 Å². The number of hydrogen-bond acceptors (Lipinski definition) is 3. The number of urea groups is 1. The molecule has 1 aliphatic heterocycles. The molecule has 0 bridgehead atoms. The lowest BCUT2D eigenvalue weighted by Crippen LogP contribution is -2.38. The molecule has 28 heavy (non-hydrogen) atoms. The van der Waals surface area contributed by atoms with E-state index in [0.717, 1.165) is 5.56 Å². The number of benzene rings is 2. The molecule has 1 aromatic heterocycles. The smallest absolute Gasteiger partial charge is 0.315 e. The number of nitrogens with one attached hydrogen (secondary N) is 4. The van der Waals surface area contributed by atoms with Crippen LogP contribution >= 0.6 is 0 Å². The van der Waals surface area contributed by atoms with Crippen molar-refractivity contribution in [3.8, 4) is 0 Å². The van der Waals surface area contributed by atoms with Crippen molar-refractivity contribution in [2.24, 2.45) is 0 Å². The molecule has 4 rings (SSSR count). The molecule has 7 nitrogen and oxygen atoms in total. The van der Waals surface area contributed by atoms with E-state index in [0.29, 0.717) is 16.6 Å². The number of carbonyl (C=O) groups is 2. The molecule has 2 heterocycles. The van der Waals surface area contributed by atoms with Crippen molar-refractivity contribution in [3.63, 3.8) is 0 Å². The van der Waals surface area contributed by atoms with Crippen LogP contribution in [-0.4, -0.2) is 34.7 Å². The zero-order valence-corrected chi connectivity index (χ0v) is 14.4. The highest BCUT2D eigenvalue weighted by Gasteiger charge is 2.27. The van der Waals surface area contributed by atoms with E-state index in [1.807, 2.05) is 0 Å². The van der Waals surface area contributed by atoms with Gasteiger partial charge < -0.3 is 16.0 Å². The van der Waals surface area contributed by atoms with Crippen LogP contribution in [0.25, 0.3) is 23.1 Å². The van der Waals surface area contributed by atoms with Gasteiger partial charge in [0.05, 0.1) is 16.9 Å². The van der Waals surface area contributed by atoms with Gasteiger partial charge in [0.15, 0.2) is 0 Å². The molecule has 0 radical (unpaired) electrons. The van der Waals surface area contributed by atoms with Gasteiger partial charge in [0, 0.05) is 18.0 Å². The normalized spacial score (nSPS) is 16.4. The van der Waals surface area contributed by atoms with Gasteiger partial charge in [-0.05, 0) is 29.8 Å². The van der Waals surface area contributed by atoms with E-state index in [-0.39, 0.29) is 18.0 Å². The number of amides is 3. The number of H-pyrrole nitrogens is 1. The first-order valence-corrected chi connectivity index (χ1v) is 8.46. The molecule has 4 N–H and O–H groups in total. The van der Waals surface area contributed by atoms with E-state index in [1.54, 1.807) is 24.3 Å². The summed E-state index contributed by atoms with van der Waals surface area (Å²) in [6.07, 6.45) is 3.45. The van der Waals surface area contributed by atoms with Gasteiger partial charge in [-0.1, -0.05) is 18.2 Å². The second-order valence-corrected chi connectivity index (χ2v) is 6.27. The molecule has 1 fully saturated rings. The maximum absolute atomic E-state index is 14.3. The lowest BCUT2D eigenvalue weighted by molar-refractivity contribution is -0.117. The Hall–Kier alpha value is -3.75. The van der Waals surface area contributed by atoms with E-state index in [1.165, 1.54) is 24.3 Å². The Morgan fingerprint density at radius 3 is 2.68 bits per heavy atom. The molecule has 1 aliphatic rings. The van der Waals surface area contributed by atoms with Crippen LogP contribution < -0.4 is 16.0 Å². The fourth-order valence-corrected chi connectivity index (χ4v) is 2.86. The fourth-order valence-electron chi connectivity index (χ4n) is 2.86. The molecule has 9 heteroatoms. The van der Waals surface area contributed by atoms with Crippen LogP contribution in [0.4, 0.5) is 19.3 Å². The van der Waals surface area contributed by atoms with E-state index >= 15 is 0 Å². The van der Waals surface area contributed by atoms with E-state index in [4.69, 9.17) is 0 Å². The minimum Gasteiger partial charge on any atom is -0.336 e. The molecule has 142 valence electrons. The number of aromatic nitrogens is 2. The number of aromatic amines is 1. The predicted octanol–water partition coefficient (Wildman–Crippen LogP) is 2.63. The average Bonchev–Trinajstić information content (AvgIpc) is 3.28. The molecule has 1 atom stereocenters. The third kappa shape index (κ3) is 3.54. The van der Waals surface area contributed by atoms with Crippen LogP contribution in [0.5, 0.6) is 0 Å². The number of hydrogen-bond donors (Lipinski definition) is 4. The summed E-state index contributed by atoms with van der Waals surface area (Å²) >= 11 is 0. The van der Waals surface area contributed by atoms with Gasteiger partial charge in [-0.15, -0.1) is 0 Å². The van der Waals surface area contributed by atoms with Crippen LogP contribution in [-0.2, 0) is 4.79 Å². The predicted molar refractivity (Wildman–Crippen MR) is 100 cm³/mol. The molecule has 1 unspecified atom stereocenters. The summed E-state index contributed by atoms with van der Waals surface area (Å²) in [6.45, 7) is 0.131. The summed E-state index contributed by atoms with van der Waals surface area (Å²) in [5, 5.41) is 14.9. The van der Waals surface area contributed by atoms with Crippen LogP contribution in [0.3, 0.4) is 0 Å². The Bertz CT molecular complexity index is 1090. The minimum atomic E-state index is -0.773. The van der Waals surface area contributed by atoms with E-state index < -0.39 is 23.8 Å². The Morgan fingerprint density at radius 1 is 1.18 bits per heavy atom. The van der Waals surface area contributed by atoms with E-state index in [2.05, 4.69) is 26.1 Å². The lowest BCUT2D eigenvalue weighted by atomic mass is 10.1. The summed E-state index contributed by atoms with van der Waals surface area (Å²) < 4.78 is 27.3. The second-order valence-electron chi connectivity index (χ2n) is 6.27. The molecule has 0 saturated carbocycles. The molecule has 2 aromatic carbocycles. The van der Waals surface area contributed by atoms with Gasteiger partial charge in [0.2, 0.25) is 5.91 Å². The summed E-state index contributed by atoms with van der Waals surface area (Å²) in [5.74, 6) is -1.48. The highest BCUT2D eigenvalue weighted by Crippen LogP contribution is 2.25. The van der Waals surface area contributed by atoms with Crippen molar-refractivity contribution in [1.29, 1.82) is 0 Å². The standard InChI is InChI=1S/C19H15F2N5O2/c20-11-4-1-10(2-5-11)3-6-14-12-7-16(13(21)8-15(12)26-25-14)23-18(27)17-9-22-19(28)24-17/h1-8,17H,9H2,(H,23,27)(H,25,26)(H2,22,24,28)/b6-3+. The Kier molecular flexibility index (Phi) is 4.48. The first-order valence-electron chi connectivity index (χ1n) is 8.46. The van der Waals surface area contributed by atoms with Crippen molar-refractivity contribution in [1.82, 2.24) is 20.8 Å². The van der Waals surface area contributed by atoms with Gasteiger partial charge in [-0.2, -0.15) is 5.10 Å². The van der Waals surface area contributed by atoms with Crippen LogP contribution in [0.15, 0.2) is 36.4 Å². The van der Waals surface area contributed by atoms with Gasteiger partial charge in [0.1, 0.15) is 17.7 Å². The molecule has 0 aliphatic carbocycles. The van der Waals surface area contributed by atoms with Gasteiger partial charge in [0.25, 0.3) is 0 Å². The van der Waals surface area contributed by atoms with Crippen LogP contribution in [0.1, 0.15) is 11.3 Å². The van der Waals surface area contributed by atoms with Crippen molar-refractivity contribution in [3.05, 3.63) is 59.3 Å². The monoisotopic (exact) mass is 383 g/mol. The summed E-state index contributed by atoms with van der Waals surface area (Å²) in [5.41, 5.74) is 1.75. The average molecular weight is 383 g/mol. The maximum atomic E-state index is 14.3. The zero-order valence-electron chi connectivity index (χ0n) is 14.4. The van der Waals surface area contributed by atoms with Crippen molar-refractivity contribution < 1.29 is 18.4 Å². The molecule has 0 spiro atoms. The SMILES string of the molecule is O=C1NCC(C(=O)Nc2cc3c(/C=C/c4ccc(F)cc4)n[nH]c3cc2F)N1. The number of carbonyl (C=O) groups excluding carboxylic acids is 2. The number of anilines is 1. The zero-order chi connectivity index (χ0) is 19.7. The number of rotatable bonds is 4. The molecular weight excluding hydrogens is 368 g/mol. The van der Waals surface area contributed by atoms with Crippen molar-refractivity contribution in [2.45, 2.75) is 6.04 Å². The molecular formula is C19H15F2N5O2. The molecule has 3 aromatic rings. The third-order valence-corrected chi connectivity index (χ3v) is 4.33. The Morgan fingerprint density at radius 2 is 1.96 bits per heavy atom. The van der Waals surface area contributed by atoms with Crippen molar-refractivity contribution in [2.75, 3.05) is 11.9 Å². The first kappa shape index (κ1) is 17.7. The molecule has 3 amide bonds. The fraction of sp³-hybridized carbons (Fsp3) is 0.105. The quantitative estimate of drug-likeness (QED) is 0.557. The van der Waals surface area contributed by atoms with E-state index in [9.17, 15) is 18.4 Å². The Balaban J connectivity index is 1.59. The number of fused-ring (bicyclic) bond motifs is 1. The lowest BCUT2D eigenvalue weighted by Gasteiger charge is -2.11. The summed E-state index contributed by atoms with van der Waals surface area (Å²) in [6, 6.07) is 7.43. The minimum absolute atomic E-state index is 0.0171. The summed E-state index contributed by atoms with van der Waals surface area (Å²) in [4.78, 5) is 23.4. The second kappa shape index (κ2) is 7.10. The summed E-state index contributed by atoms with van der Waals surface area (Å²) in [7, 11) is 0. The number of nitrogens with zero attached hydrogens (tertiary/aromatic N) is 1. The topological polar surface area (TPSA) is 98.9 Å². The van der Waals surface area contributed by atoms with Gasteiger partial charge in [-0.25, -0.2) is 13.6 Å². The third-order valence-electron chi connectivity index (χ3n) is 4.33.